The SMILES string of the molecule is Cc1ccc(C)c(N(C(=O)c2ccco2)[C@@H](C(=O)NC2CCCC2)c2cccs2)c1. The summed E-state index contributed by atoms with van der Waals surface area (Å²) in [6.07, 6.45) is 5.70. The van der Waals surface area contributed by atoms with Crippen LogP contribution in [-0.4, -0.2) is 17.9 Å². The van der Waals surface area contributed by atoms with Gasteiger partial charge in [0.05, 0.1) is 6.26 Å². The first-order valence-corrected chi connectivity index (χ1v) is 11.2. The fraction of sp³-hybridized carbons (Fsp3) is 0.333. The van der Waals surface area contributed by atoms with E-state index in [9.17, 15) is 9.59 Å². The molecule has 1 aliphatic carbocycles. The summed E-state index contributed by atoms with van der Waals surface area (Å²) in [6.45, 7) is 3.94. The fourth-order valence-corrected chi connectivity index (χ4v) is 4.85. The van der Waals surface area contributed by atoms with Crippen molar-refractivity contribution in [2.45, 2.75) is 51.6 Å². The lowest BCUT2D eigenvalue weighted by Crippen LogP contribution is -2.46. The third-order valence-electron chi connectivity index (χ3n) is 5.60. The molecule has 6 heteroatoms. The summed E-state index contributed by atoms with van der Waals surface area (Å²) in [5.74, 6) is -0.259. The van der Waals surface area contributed by atoms with Gasteiger partial charge >= 0.3 is 0 Å². The Morgan fingerprint density at radius 1 is 1.13 bits per heavy atom. The Morgan fingerprint density at radius 3 is 2.60 bits per heavy atom. The monoisotopic (exact) mass is 422 g/mol. The van der Waals surface area contributed by atoms with Gasteiger partial charge in [-0.05, 0) is 67.5 Å². The number of benzene rings is 1. The van der Waals surface area contributed by atoms with E-state index in [2.05, 4.69) is 5.32 Å². The van der Waals surface area contributed by atoms with Gasteiger partial charge < -0.3 is 9.73 Å². The number of carbonyl (C=O) groups excluding carboxylic acids is 2. The molecule has 0 spiro atoms. The summed E-state index contributed by atoms with van der Waals surface area (Å²) in [7, 11) is 0. The van der Waals surface area contributed by atoms with Gasteiger partial charge in [0.25, 0.3) is 5.91 Å². The molecule has 156 valence electrons. The third-order valence-corrected chi connectivity index (χ3v) is 6.52. The molecule has 1 saturated carbocycles. The summed E-state index contributed by atoms with van der Waals surface area (Å²) in [4.78, 5) is 29.6. The summed E-state index contributed by atoms with van der Waals surface area (Å²) in [5.41, 5.74) is 2.67. The number of amides is 2. The van der Waals surface area contributed by atoms with E-state index >= 15 is 0 Å². The first kappa shape index (κ1) is 20.4. The van der Waals surface area contributed by atoms with Gasteiger partial charge in [-0.1, -0.05) is 31.0 Å². The van der Waals surface area contributed by atoms with E-state index in [0.717, 1.165) is 47.4 Å². The minimum absolute atomic E-state index is 0.148. The van der Waals surface area contributed by atoms with Crippen LogP contribution in [0, 0.1) is 13.8 Å². The second-order valence-corrected chi connectivity index (χ2v) is 8.83. The molecule has 3 aromatic rings. The highest BCUT2D eigenvalue weighted by Gasteiger charge is 2.37. The van der Waals surface area contributed by atoms with Crippen molar-refractivity contribution < 1.29 is 14.0 Å². The molecule has 0 bridgehead atoms. The number of furan rings is 1. The molecule has 0 aliphatic heterocycles. The van der Waals surface area contributed by atoms with Gasteiger partial charge in [0.2, 0.25) is 5.91 Å². The van der Waals surface area contributed by atoms with Gasteiger partial charge in [0.1, 0.15) is 0 Å². The predicted octanol–water partition coefficient (Wildman–Crippen LogP) is 5.40. The van der Waals surface area contributed by atoms with Crippen LogP contribution < -0.4 is 10.2 Å². The Morgan fingerprint density at radius 2 is 1.93 bits per heavy atom. The predicted molar refractivity (Wildman–Crippen MR) is 119 cm³/mol. The molecule has 1 aromatic carbocycles. The van der Waals surface area contributed by atoms with E-state index in [1.807, 2.05) is 49.6 Å². The maximum Gasteiger partial charge on any atom is 0.295 e. The molecule has 5 nitrogen and oxygen atoms in total. The Labute approximate surface area is 180 Å². The second kappa shape index (κ2) is 8.88. The normalized spacial score (nSPS) is 15.1. The maximum atomic E-state index is 13.6. The molecule has 1 aliphatic rings. The van der Waals surface area contributed by atoms with Crippen molar-refractivity contribution in [3.63, 3.8) is 0 Å². The first-order chi connectivity index (χ1) is 14.5. The Hall–Kier alpha value is -2.86. The highest BCUT2D eigenvalue weighted by atomic mass is 32.1. The molecule has 2 aromatic heterocycles. The zero-order chi connectivity index (χ0) is 21.1. The van der Waals surface area contributed by atoms with Crippen LogP contribution >= 0.6 is 11.3 Å². The van der Waals surface area contributed by atoms with E-state index in [4.69, 9.17) is 4.42 Å². The number of nitrogens with zero attached hydrogens (tertiary/aromatic N) is 1. The lowest BCUT2D eigenvalue weighted by atomic mass is 10.0. The number of nitrogens with one attached hydrogen (secondary N) is 1. The van der Waals surface area contributed by atoms with E-state index in [-0.39, 0.29) is 23.6 Å². The molecule has 2 heterocycles. The van der Waals surface area contributed by atoms with Crippen molar-refractivity contribution >= 4 is 28.8 Å². The van der Waals surface area contributed by atoms with Crippen molar-refractivity contribution in [1.29, 1.82) is 0 Å². The van der Waals surface area contributed by atoms with Crippen molar-refractivity contribution in [3.8, 4) is 0 Å². The van der Waals surface area contributed by atoms with Gasteiger partial charge in [0.15, 0.2) is 11.8 Å². The lowest BCUT2D eigenvalue weighted by molar-refractivity contribution is -0.123. The number of carbonyl (C=O) groups is 2. The van der Waals surface area contributed by atoms with Crippen LogP contribution in [0.2, 0.25) is 0 Å². The topological polar surface area (TPSA) is 62.6 Å². The van der Waals surface area contributed by atoms with E-state index in [0.29, 0.717) is 0 Å². The quantitative estimate of drug-likeness (QED) is 0.578. The zero-order valence-electron chi connectivity index (χ0n) is 17.3. The van der Waals surface area contributed by atoms with Gasteiger partial charge in [0, 0.05) is 16.6 Å². The second-order valence-electron chi connectivity index (χ2n) is 7.85. The van der Waals surface area contributed by atoms with Crippen LogP contribution in [0.5, 0.6) is 0 Å². The molecule has 4 rings (SSSR count). The lowest BCUT2D eigenvalue weighted by Gasteiger charge is -2.32. The van der Waals surface area contributed by atoms with Crippen molar-refractivity contribution in [2.24, 2.45) is 0 Å². The van der Waals surface area contributed by atoms with Crippen LogP contribution in [0.4, 0.5) is 5.69 Å². The smallest absolute Gasteiger partial charge is 0.295 e. The zero-order valence-corrected chi connectivity index (χ0v) is 18.1. The highest BCUT2D eigenvalue weighted by Crippen LogP contribution is 2.35. The van der Waals surface area contributed by atoms with Crippen LogP contribution in [0.25, 0.3) is 0 Å². The molecule has 0 radical (unpaired) electrons. The molecule has 0 unspecified atom stereocenters. The van der Waals surface area contributed by atoms with Gasteiger partial charge in [-0.3, -0.25) is 14.5 Å². The standard InChI is InChI=1S/C24H26N2O3S/c1-16-11-12-17(2)19(15-16)26(24(28)20-9-5-13-29-20)22(21-10-6-14-30-21)23(27)25-18-7-3-4-8-18/h5-6,9-15,18,22H,3-4,7-8H2,1-2H3,(H,25,27)/t22-/m1/s1. The van der Waals surface area contributed by atoms with E-state index < -0.39 is 6.04 Å². The summed E-state index contributed by atoms with van der Waals surface area (Å²) in [6, 6.07) is 12.5. The third kappa shape index (κ3) is 4.19. The molecule has 1 atom stereocenters. The number of hydrogen-bond acceptors (Lipinski definition) is 4. The number of aryl methyl sites for hydroxylation is 2. The number of hydrogen-bond donors (Lipinski definition) is 1. The van der Waals surface area contributed by atoms with Crippen molar-refractivity contribution in [3.05, 3.63) is 75.9 Å². The minimum atomic E-state index is -0.760. The molecule has 30 heavy (non-hydrogen) atoms. The number of anilines is 1. The van der Waals surface area contributed by atoms with Crippen LogP contribution in [-0.2, 0) is 4.79 Å². The van der Waals surface area contributed by atoms with E-state index in [1.54, 1.807) is 17.0 Å². The molecule has 2 amide bonds. The average Bonchev–Trinajstić information content (AvgIpc) is 3.50. The summed E-state index contributed by atoms with van der Waals surface area (Å²) >= 11 is 1.48. The van der Waals surface area contributed by atoms with Crippen LogP contribution in [0.15, 0.2) is 58.5 Å². The Bertz CT molecular complexity index is 1010. The summed E-state index contributed by atoms with van der Waals surface area (Å²) < 4.78 is 5.43. The molecule has 0 saturated heterocycles. The maximum absolute atomic E-state index is 13.6. The van der Waals surface area contributed by atoms with Gasteiger partial charge in [-0.25, -0.2) is 0 Å². The minimum Gasteiger partial charge on any atom is -0.459 e. The molecular weight excluding hydrogens is 396 g/mol. The van der Waals surface area contributed by atoms with Crippen LogP contribution in [0.1, 0.15) is 58.3 Å². The highest BCUT2D eigenvalue weighted by molar-refractivity contribution is 7.10. The van der Waals surface area contributed by atoms with E-state index in [1.165, 1.54) is 17.6 Å². The van der Waals surface area contributed by atoms with Crippen molar-refractivity contribution in [1.82, 2.24) is 5.32 Å². The Kier molecular flexibility index (Phi) is 6.04. The molecule has 1 N–H and O–H groups in total. The first-order valence-electron chi connectivity index (χ1n) is 10.3. The molecular formula is C24H26N2O3S. The van der Waals surface area contributed by atoms with Crippen LogP contribution in [0.3, 0.4) is 0 Å². The largest absolute Gasteiger partial charge is 0.459 e. The number of rotatable bonds is 6. The summed E-state index contributed by atoms with van der Waals surface area (Å²) in [5, 5.41) is 5.13. The number of thiophene rings is 1. The average molecular weight is 423 g/mol. The van der Waals surface area contributed by atoms with Crippen molar-refractivity contribution in [2.75, 3.05) is 4.90 Å². The van der Waals surface area contributed by atoms with Gasteiger partial charge in [-0.2, -0.15) is 0 Å². The fourth-order valence-electron chi connectivity index (χ4n) is 4.03. The Balaban J connectivity index is 1.81. The molecule has 1 fully saturated rings. The van der Waals surface area contributed by atoms with Gasteiger partial charge in [-0.15, -0.1) is 11.3 Å².